The number of hydrogen-bond donors (Lipinski definition) is 1. The Kier molecular flexibility index (Phi) is 4.09. The van der Waals surface area contributed by atoms with Crippen LogP contribution in [0.2, 0.25) is 5.02 Å². The zero-order chi connectivity index (χ0) is 15.5. The first-order chi connectivity index (χ1) is 10.7. The molecule has 2 aromatic carbocycles. The van der Waals surface area contributed by atoms with Gasteiger partial charge in [0.1, 0.15) is 22.8 Å². The third kappa shape index (κ3) is 2.56. The quantitative estimate of drug-likeness (QED) is 0.803. The van der Waals surface area contributed by atoms with Gasteiger partial charge in [-0.05, 0) is 18.2 Å². The zero-order valence-electron chi connectivity index (χ0n) is 11.9. The molecule has 0 radical (unpaired) electrons. The molecule has 0 saturated carbocycles. The molecule has 0 amide bonds. The Morgan fingerprint density at radius 1 is 1.18 bits per heavy atom. The highest BCUT2D eigenvalue weighted by molar-refractivity contribution is 6.30. The summed E-state index contributed by atoms with van der Waals surface area (Å²) >= 11 is 6.10. The van der Waals surface area contributed by atoms with Gasteiger partial charge in [0.15, 0.2) is 0 Å². The van der Waals surface area contributed by atoms with Crippen molar-refractivity contribution in [1.29, 1.82) is 0 Å². The predicted octanol–water partition coefficient (Wildman–Crippen LogP) is 3.09. The van der Waals surface area contributed by atoms with E-state index >= 15 is 0 Å². The number of nitrogens with zero attached hydrogens (tertiary/aromatic N) is 3. The van der Waals surface area contributed by atoms with Crippen LogP contribution in [-0.4, -0.2) is 27.2 Å². The van der Waals surface area contributed by atoms with Crippen LogP contribution in [0.15, 0.2) is 48.5 Å². The highest BCUT2D eigenvalue weighted by Crippen LogP contribution is 2.31. The summed E-state index contributed by atoms with van der Waals surface area (Å²) in [4.78, 5) is 0. The Labute approximate surface area is 132 Å². The first-order valence-corrected chi connectivity index (χ1v) is 7.07. The molecule has 1 N–H and O–H groups in total. The number of aliphatic hydroxyl groups excluding tert-OH is 1. The number of rotatable bonds is 4. The van der Waals surface area contributed by atoms with E-state index in [2.05, 4.69) is 10.3 Å². The van der Waals surface area contributed by atoms with Gasteiger partial charge >= 0.3 is 0 Å². The Morgan fingerprint density at radius 3 is 2.64 bits per heavy atom. The smallest absolute Gasteiger partial charge is 0.144 e. The Bertz CT molecular complexity index is 787. The summed E-state index contributed by atoms with van der Waals surface area (Å²) < 4.78 is 7.01. The SMILES string of the molecule is COc1ccc(Cl)cc1-n1nnc(CO)c1-c1ccccc1. The molecule has 3 rings (SSSR count). The number of halogens is 1. The van der Waals surface area contributed by atoms with Crippen LogP contribution in [-0.2, 0) is 6.61 Å². The largest absolute Gasteiger partial charge is 0.494 e. The molecule has 0 saturated heterocycles. The fourth-order valence-electron chi connectivity index (χ4n) is 2.30. The number of methoxy groups -OCH3 is 1. The van der Waals surface area contributed by atoms with Gasteiger partial charge < -0.3 is 9.84 Å². The average Bonchev–Trinajstić information content (AvgIpc) is 2.99. The Balaban J connectivity index is 2.25. The highest BCUT2D eigenvalue weighted by Gasteiger charge is 2.18. The minimum atomic E-state index is -0.201. The minimum absolute atomic E-state index is 0.201. The van der Waals surface area contributed by atoms with Gasteiger partial charge in [-0.25, -0.2) is 4.68 Å². The van der Waals surface area contributed by atoms with Gasteiger partial charge in [0.05, 0.1) is 13.7 Å². The lowest BCUT2D eigenvalue weighted by atomic mass is 10.1. The summed E-state index contributed by atoms with van der Waals surface area (Å²) in [7, 11) is 1.58. The molecule has 0 fully saturated rings. The van der Waals surface area contributed by atoms with E-state index in [1.165, 1.54) is 0 Å². The molecule has 112 valence electrons. The van der Waals surface area contributed by atoms with Crippen LogP contribution in [0, 0.1) is 0 Å². The van der Waals surface area contributed by atoms with Gasteiger partial charge in [-0.2, -0.15) is 0 Å². The topological polar surface area (TPSA) is 60.2 Å². The van der Waals surface area contributed by atoms with Crippen molar-refractivity contribution in [1.82, 2.24) is 15.0 Å². The molecular formula is C16H14ClN3O2. The number of benzene rings is 2. The maximum Gasteiger partial charge on any atom is 0.144 e. The van der Waals surface area contributed by atoms with E-state index in [1.807, 2.05) is 30.3 Å². The molecule has 1 aromatic heterocycles. The number of hydrogen-bond acceptors (Lipinski definition) is 4. The molecule has 0 aliphatic carbocycles. The average molecular weight is 316 g/mol. The highest BCUT2D eigenvalue weighted by atomic mass is 35.5. The lowest BCUT2D eigenvalue weighted by Crippen LogP contribution is -2.03. The fourth-order valence-corrected chi connectivity index (χ4v) is 2.47. The second-order valence-electron chi connectivity index (χ2n) is 4.64. The number of aromatic nitrogens is 3. The van der Waals surface area contributed by atoms with E-state index in [0.29, 0.717) is 27.8 Å². The zero-order valence-corrected chi connectivity index (χ0v) is 12.7. The van der Waals surface area contributed by atoms with E-state index in [0.717, 1.165) is 5.56 Å². The van der Waals surface area contributed by atoms with Crippen LogP contribution in [0.3, 0.4) is 0 Å². The van der Waals surface area contributed by atoms with Crippen LogP contribution >= 0.6 is 11.6 Å². The molecular weight excluding hydrogens is 302 g/mol. The molecule has 0 aliphatic rings. The molecule has 6 heteroatoms. The van der Waals surface area contributed by atoms with Crippen LogP contribution in [0.4, 0.5) is 0 Å². The molecule has 22 heavy (non-hydrogen) atoms. The van der Waals surface area contributed by atoms with E-state index in [9.17, 15) is 5.11 Å². The lowest BCUT2D eigenvalue weighted by molar-refractivity contribution is 0.277. The standard InChI is InChI=1S/C16H14ClN3O2/c1-22-15-8-7-12(17)9-14(15)20-16(13(10-21)18-19-20)11-5-3-2-4-6-11/h2-9,21H,10H2,1H3. The number of aliphatic hydroxyl groups is 1. The van der Waals surface area contributed by atoms with Crippen molar-refractivity contribution < 1.29 is 9.84 Å². The maximum atomic E-state index is 9.55. The molecule has 0 atom stereocenters. The first kappa shape index (κ1) is 14.6. The second-order valence-corrected chi connectivity index (χ2v) is 5.07. The molecule has 0 spiro atoms. The molecule has 0 aliphatic heterocycles. The monoisotopic (exact) mass is 315 g/mol. The number of ether oxygens (including phenoxy) is 1. The summed E-state index contributed by atoms with van der Waals surface area (Å²) in [5.41, 5.74) is 2.77. The van der Waals surface area contributed by atoms with Crippen molar-refractivity contribution in [2.24, 2.45) is 0 Å². The first-order valence-electron chi connectivity index (χ1n) is 6.69. The van der Waals surface area contributed by atoms with Crippen LogP contribution in [0.25, 0.3) is 16.9 Å². The van der Waals surface area contributed by atoms with Crippen LogP contribution < -0.4 is 4.74 Å². The van der Waals surface area contributed by atoms with Gasteiger partial charge in [0.25, 0.3) is 0 Å². The summed E-state index contributed by atoms with van der Waals surface area (Å²) in [6.45, 7) is -0.201. The van der Waals surface area contributed by atoms with Crippen molar-refractivity contribution in [3.05, 3.63) is 59.2 Å². The lowest BCUT2D eigenvalue weighted by Gasteiger charge is -2.12. The fraction of sp³-hybridized carbons (Fsp3) is 0.125. The molecule has 1 heterocycles. The van der Waals surface area contributed by atoms with Gasteiger partial charge in [0.2, 0.25) is 0 Å². The van der Waals surface area contributed by atoms with Crippen molar-refractivity contribution in [2.75, 3.05) is 7.11 Å². The van der Waals surface area contributed by atoms with Gasteiger partial charge in [0, 0.05) is 10.6 Å². The molecule has 3 aromatic rings. The van der Waals surface area contributed by atoms with Crippen molar-refractivity contribution >= 4 is 11.6 Å². The third-order valence-corrected chi connectivity index (χ3v) is 3.54. The van der Waals surface area contributed by atoms with Gasteiger partial charge in [-0.1, -0.05) is 47.1 Å². The van der Waals surface area contributed by atoms with E-state index in [4.69, 9.17) is 16.3 Å². The van der Waals surface area contributed by atoms with Crippen molar-refractivity contribution in [3.8, 4) is 22.7 Å². The Hall–Kier alpha value is -2.37. The predicted molar refractivity (Wildman–Crippen MR) is 84.3 cm³/mol. The summed E-state index contributed by atoms with van der Waals surface area (Å²) in [6, 6.07) is 14.9. The van der Waals surface area contributed by atoms with Crippen molar-refractivity contribution in [3.63, 3.8) is 0 Å². The minimum Gasteiger partial charge on any atom is -0.494 e. The van der Waals surface area contributed by atoms with Gasteiger partial charge in [-0.15, -0.1) is 5.10 Å². The molecule has 5 nitrogen and oxygen atoms in total. The van der Waals surface area contributed by atoms with Crippen LogP contribution in [0.1, 0.15) is 5.69 Å². The van der Waals surface area contributed by atoms with Crippen molar-refractivity contribution in [2.45, 2.75) is 6.61 Å². The van der Waals surface area contributed by atoms with E-state index < -0.39 is 0 Å². The van der Waals surface area contributed by atoms with Gasteiger partial charge in [-0.3, -0.25) is 0 Å². The molecule has 0 bridgehead atoms. The summed E-state index contributed by atoms with van der Waals surface area (Å²) in [5, 5.41) is 18.3. The van der Waals surface area contributed by atoms with E-state index in [-0.39, 0.29) is 6.61 Å². The second kappa shape index (κ2) is 6.17. The van der Waals surface area contributed by atoms with Crippen LogP contribution in [0.5, 0.6) is 5.75 Å². The normalized spacial score (nSPS) is 10.7. The molecule has 0 unspecified atom stereocenters. The van der Waals surface area contributed by atoms with E-state index in [1.54, 1.807) is 30.0 Å². The maximum absolute atomic E-state index is 9.55. The summed E-state index contributed by atoms with van der Waals surface area (Å²) in [6.07, 6.45) is 0. The Morgan fingerprint density at radius 2 is 1.95 bits per heavy atom. The summed E-state index contributed by atoms with van der Waals surface area (Å²) in [5.74, 6) is 0.621. The third-order valence-electron chi connectivity index (χ3n) is 3.31.